The molecule has 6 atom stereocenters. The van der Waals surface area contributed by atoms with Gasteiger partial charge in [0.25, 0.3) is 0 Å². The van der Waals surface area contributed by atoms with Crippen molar-refractivity contribution in [3.63, 3.8) is 0 Å². The van der Waals surface area contributed by atoms with Gasteiger partial charge in [0.1, 0.15) is 52.4 Å². The van der Waals surface area contributed by atoms with Gasteiger partial charge in [-0.3, -0.25) is 0 Å². The standard InChI is InChI=1S/C19H31NO4.C19H27NO4.C10H17NO2.C9H11BrO2/c2*1-6-16(20-18(22)24-19(3,4)5)12-11-15-9-7-8-10-17(15)23-14(2)13-21;1-6-8(7-2)11-9(12)13-10(3,4)5;1-7(6-11)12-9-5-3-2-4-8(9)10/h7-10,14,16,21H,6,11-13H2,1-5H3,(H,20,22);7-10,14,16,21H,6,13H2,1-5H3,(H,20,22);1,8H,7H2,2-5H3,(H,11,12);2-5,7,11H,6H2,1H3/t2*14-,16-;8-;7-/m0010/s1. The average Bonchev–Trinajstić information content (AvgIpc) is 3.31. The van der Waals surface area contributed by atoms with Crippen molar-refractivity contribution < 1.29 is 58.1 Å². The molecule has 0 aliphatic heterocycles. The molecule has 0 radical (unpaired) electrons. The third-order valence-corrected chi connectivity index (χ3v) is 9.86. The number of hydrogen-bond donors (Lipinski definition) is 6. The second kappa shape index (κ2) is 35.5. The lowest BCUT2D eigenvalue weighted by atomic mass is 10.0. The summed E-state index contributed by atoms with van der Waals surface area (Å²) in [5, 5.41) is 35.3. The van der Waals surface area contributed by atoms with Gasteiger partial charge in [-0.15, -0.1) is 6.42 Å². The zero-order valence-electron chi connectivity index (χ0n) is 46.0. The van der Waals surface area contributed by atoms with Crippen molar-refractivity contribution in [3.8, 4) is 41.4 Å². The fourth-order valence-corrected chi connectivity index (χ4v) is 5.93. The molecule has 0 bridgehead atoms. The summed E-state index contributed by atoms with van der Waals surface area (Å²) in [5.41, 5.74) is 0.265. The van der Waals surface area contributed by atoms with Crippen LogP contribution in [0.1, 0.15) is 141 Å². The number of benzene rings is 3. The van der Waals surface area contributed by atoms with Crippen LogP contribution in [0.3, 0.4) is 0 Å². The number of aliphatic hydroxyl groups excluding tert-OH is 3. The first-order chi connectivity index (χ1) is 34.1. The van der Waals surface area contributed by atoms with Crippen molar-refractivity contribution in [1.82, 2.24) is 16.0 Å². The van der Waals surface area contributed by atoms with Crippen LogP contribution in [0.4, 0.5) is 14.4 Å². The Morgan fingerprint density at radius 3 is 1.41 bits per heavy atom. The van der Waals surface area contributed by atoms with Gasteiger partial charge in [0.2, 0.25) is 0 Å². The van der Waals surface area contributed by atoms with Gasteiger partial charge in [-0.05, 0) is 167 Å². The average molecular weight is 1090 g/mol. The number of rotatable bonds is 18. The number of alkyl carbamates (subject to hydrolysis) is 3. The largest absolute Gasteiger partial charge is 0.488 e. The zero-order chi connectivity index (χ0) is 55.8. The van der Waals surface area contributed by atoms with Crippen LogP contribution in [0.2, 0.25) is 0 Å². The number of nitrogens with one attached hydrogen (secondary N) is 3. The molecule has 0 heterocycles. The fourth-order valence-electron chi connectivity index (χ4n) is 5.55. The monoisotopic (exact) mass is 1080 g/mol. The summed E-state index contributed by atoms with van der Waals surface area (Å²) in [5.74, 6) is 10.7. The zero-order valence-corrected chi connectivity index (χ0v) is 47.6. The van der Waals surface area contributed by atoms with Crippen molar-refractivity contribution in [2.24, 2.45) is 0 Å². The van der Waals surface area contributed by atoms with Gasteiger partial charge in [0, 0.05) is 6.04 Å². The maximum atomic E-state index is 11.9. The van der Waals surface area contributed by atoms with Crippen molar-refractivity contribution >= 4 is 34.2 Å². The van der Waals surface area contributed by atoms with E-state index in [2.05, 4.69) is 49.6 Å². The number of carbonyl (C=O) groups is 3. The van der Waals surface area contributed by atoms with Crippen molar-refractivity contribution in [2.45, 2.75) is 189 Å². The molecule has 0 saturated carbocycles. The minimum absolute atomic E-state index is 0.0217. The lowest BCUT2D eigenvalue weighted by Crippen LogP contribution is -2.39. The third kappa shape index (κ3) is 33.7. The van der Waals surface area contributed by atoms with E-state index in [4.69, 9.17) is 50.2 Å². The van der Waals surface area contributed by atoms with Crippen LogP contribution in [-0.4, -0.2) is 107 Å². The van der Waals surface area contributed by atoms with Crippen LogP contribution < -0.4 is 30.2 Å². The van der Waals surface area contributed by atoms with Crippen molar-refractivity contribution in [1.29, 1.82) is 0 Å². The number of aliphatic hydroxyl groups is 3. The maximum Gasteiger partial charge on any atom is 0.408 e. The molecule has 0 spiro atoms. The molecule has 15 nitrogen and oxygen atoms in total. The molecule has 3 amide bonds. The summed E-state index contributed by atoms with van der Waals surface area (Å²) < 4.78 is 33.3. The predicted octanol–water partition coefficient (Wildman–Crippen LogP) is 10.9. The smallest absolute Gasteiger partial charge is 0.408 e. The van der Waals surface area contributed by atoms with E-state index in [1.165, 1.54) is 0 Å². The Bertz CT molecular complexity index is 2150. The van der Waals surface area contributed by atoms with Gasteiger partial charge >= 0.3 is 18.3 Å². The number of halogens is 1. The van der Waals surface area contributed by atoms with Crippen LogP contribution in [-0.2, 0) is 20.6 Å². The maximum absolute atomic E-state index is 11.9. The van der Waals surface area contributed by atoms with Crippen LogP contribution in [0.15, 0.2) is 77.3 Å². The number of carbonyl (C=O) groups excluding carboxylic acids is 3. The molecule has 3 aromatic carbocycles. The Morgan fingerprint density at radius 2 is 0.973 bits per heavy atom. The molecule has 6 N–H and O–H groups in total. The van der Waals surface area contributed by atoms with Crippen molar-refractivity contribution in [2.75, 3.05) is 19.8 Å². The first kappa shape index (κ1) is 67.3. The van der Waals surface area contributed by atoms with E-state index >= 15 is 0 Å². The first-order valence-electron chi connectivity index (χ1n) is 24.8. The van der Waals surface area contributed by atoms with Gasteiger partial charge in [0.05, 0.1) is 41.9 Å². The SMILES string of the molecule is C#C[C@H](CC)NC(=O)OC(C)(C)C.CC[C@@H](C#Cc1ccccc1O[C@@H](C)CO)NC(=O)OC(C)(C)C.CC[C@@H](CCc1ccccc1O[C@@H](C)CO)NC(=O)OC(C)(C)C.C[C@@H](CO)Oc1ccccc1Br. The molecule has 0 fully saturated rings. The Labute approximate surface area is 445 Å². The number of aryl methyl sites for hydroxylation is 1. The first-order valence-corrected chi connectivity index (χ1v) is 25.6. The molecular formula is C57H86BrN3O12. The minimum Gasteiger partial charge on any atom is -0.488 e. The summed E-state index contributed by atoms with van der Waals surface area (Å²) in [4.78, 5) is 34.9. The molecule has 16 heteroatoms. The molecule has 0 aliphatic rings. The summed E-state index contributed by atoms with van der Waals surface area (Å²) in [6, 6.07) is 22.2. The van der Waals surface area contributed by atoms with Crippen LogP contribution in [0, 0.1) is 24.2 Å². The molecular weight excluding hydrogens is 999 g/mol. The van der Waals surface area contributed by atoms with E-state index < -0.39 is 29.0 Å². The Morgan fingerprint density at radius 1 is 0.575 bits per heavy atom. The van der Waals surface area contributed by atoms with Crippen LogP contribution in [0.5, 0.6) is 17.2 Å². The Balaban J connectivity index is 0.000000991. The molecule has 408 valence electrons. The summed E-state index contributed by atoms with van der Waals surface area (Å²) in [7, 11) is 0. The van der Waals surface area contributed by atoms with Gasteiger partial charge in [-0.2, -0.15) is 0 Å². The van der Waals surface area contributed by atoms with Gasteiger partial charge in [-0.1, -0.05) is 81.0 Å². The van der Waals surface area contributed by atoms with Gasteiger partial charge in [0.15, 0.2) is 0 Å². The highest BCUT2D eigenvalue weighted by molar-refractivity contribution is 9.10. The van der Waals surface area contributed by atoms with E-state index in [9.17, 15) is 14.4 Å². The number of ether oxygens (including phenoxy) is 6. The second-order valence-corrected chi connectivity index (χ2v) is 20.7. The van der Waals surface area contributed by atoms with E-state index in [0.29, 0.717) is 24.2 Å². The lowest BCUT2D eigenvalue weighted by Gasteiger charge is -2.23. The van der Waals surface area contributed by atoms with E-state index in [1.54, 1.807) is 13.0 Å². The summed E-state index contributed by atoms with van der Waals surface area (Å²) >= 11 is 3.35. The van der Waals surface area contributed by atoms with Gasteiger partial charge < -0.3 is 59.7 Å². The van der Waals surface area contributed by atoms with Crippen LogP contribution >= 0.6 is 15.9 Å². The summed E-state index contributed by atoms with van der Waals surface area (Å²) in [6.07, 6.45) is 6.90. The minimum atomic E-state index is -0.545. The number of hydrogen-bond acceptors (Lipinski definition) is 12. The molecule has 0 unspecified atom stereocenters. The van der Waals surface area contributed by atoms with Gasteiger partial charge in [-0.25, -0.2) is 14.4 Å². The van der Waals surface area contributed by atoms with E-state index in [1.807, 2.05) is 164 Å². The number of amides is 3. The Kier molecular flexibility index (Phi) is 32.7. The lowest BCUT2D eigenvalue weighted by molar-refractivity contribution is 0.0492. The molecule has 0 aromatic heterocycles. The quantitative estimate of drug-likeness (QED) is 0.0520. The normalized spacial score (nSPS) is 13.3. The molecule has 3 rings (SSSR count). The molecule has 73 heavy (non-hydrogen) atoms. The van der Waals surface area contributed by atoms with E-state index in [0.717, 1.165) is 40.8 Å². The third-order valence-electron chi connectivity index (χ3n) is 9.21. The summed E-state index contributed by atoms with van der Waals surface area (Å²) in [6.45, 7) is 27.7. The van der Waals surface area contributed by atoms with Crippen LogP contribution in [0.25, 0.3) is 0 Å². The second-order valence-electron chi connectivity index (χ2n) is 19.8. The fraction of sp³-hybridized carbons (Fsp3) is 0.561. The predicted molar refractivity (Wildman–Crippen MR) is 293 cm³/mol. The highest BCUT2D eigenvalue weighted by Gasteiger charge is 2.21. The number of para-hydroxylation sites is 3. The Hall–Kier alpha value is -5.65. The molecule has 3 aromatic rings. The van der Waals surface area contributed by atoms with Crippen molar-refractivity contribution in [3.05, 3.63) is 88.4 Å². The topological polar surface area (TPSA) is 203 Å². The van der Waals surface area contributed by atoms with E-state index in [-0.39, 0.29) is 62.4 Å². The highest BCUT2D eigenvalue weighted by Crippen LogP contribution is 2.25. The molecule has 0 saturated heterocycles. The molecule has 0 aliphatic carbocycles. The highest BCUT2D eigenvalue weighted by atomic mass is 79.9. The number of terminal acetylenes is 1.